The molecule has 1 unspecified atom stereocenters. The van der Waals surface area contributed by atoms with Gasteiger partial charge in [-0.25, -0.2) is 4.99 Å². The van der Waals surface area contributed by atoms with Crippen LogP contribution in [0.2, 0.25) is 0 Å². The third-order valence-electron chi connectivity index (χ3n) is 3.13. The second-order valence-corrected chi connectivity index (χ2v) is 5.16. The second-order valence-electron chi connectivity index (χ2n) is 5.16. The van der Waals surface area contributed by atoms with Crippen LogP contribution in [0.1, 0.15) is 26.7 Å². The van der Waals surface area contributed by atoms with Crippen LogP contribution in [0.15, 0.2) is 28.2 Å². The second kappa shape index (κ2) is 7.16. The van der Waals surface area contributed by atoms with Crippen molar-refractivity contribution in [3.63, 3.8) is 0 Å². The molecule has 0 saturated carbocycles. The molecule has 114 valence electrons. The maximum Gasteiger partial charge on any atom is 0.144 e. The van der Waals surface area contributed by atoms with Crippen LogP contribution in [0, 0.1) is 0 Å². The number of hydrogen-bond acceptors (Lipinski definition) is 6. The van der Waals surface area contributed by atoms with Crippen molar-refractivity contribution in [2.45, 2.75) is 39.0 Å². The zero-order valence-corrected chi connectivity index (χ0v) is 12.2. The number of nitrogens with zero attached hydrogens (tertiary/aromatic N) is 2. The normalized spacial score (nSPS) is 21.7. The summed E-state index contributed by atoms with van der Waals surface area (Å²) in [5.41, 5.74) is 24.8. The Morgan fingerprint density at radius 2 is 1.85 bits per heavy atom. The Bertz CT molecular complexity index is 415. The van der Waals surface area contributed by atoms with Crippen molar-refractivity contribution < 1.29 is 5.11 Å². The van der Waals surface area contributed by atoms with Crippen LogP contribution < -0.4 is 22.9 Å². The van der Waals surface area contributed by atoms with Crippen LogP contribution in [0.4, 0.5) is 0 Å². The van der Waals surface area contributed by atoms with E-state index in [9.17, 15) is 5.11 Å². The molecule has 7 heteroatoms. The molecular formula is C13H26N6O. The lowest BCUT2D eigenvalue weighted by Gasteiger charge is -2.33. The van der Waals surface area contributed by atoms with Gasteiger partial charge >= 0.3 is 0 Å². The van der Waals surface area contributed by atoms with Gasteiger partial charge in [0.15, 0.2) is 0 Å². The quantitative estimate of drug-likeness (QED) is 0.258. The van der Waals surface area contributed by atoms with E-state index in [-0.39, 0.29) is 11.9 Å². The average Bonchev–Trinajstić information content (AvgIpc) is 2.35. The Labute approximate surface area is 120 Å². The standard InChI is InChI=1S/C13H26N6O/c1-8(14)7-11(12(16)18-9(2)20)13(17)19-5-3-10(15)4-6-19/h7,9-10,20H,3-6,14-15,17H2,1-2H3,(H2,16,18)/b8-7-,13-11-. The molecule has 0 amide bonds. The fraction of sp³-hybridized carbons (Fsp3) is 0.615. The number of nitrogens with two attached hydrogens (primary N) is 4. The van der Waals surface area contributed by atoms with Gasteiger partial charge in [-0.2, -0.15) is 0 Å². The Balaban J connectivity index is 3.07. The summed E-state index contributed by atoms with van der Waals surface area (Å²) < 4.78 is 0. The lowest BCUT2D eigenvalue weighted by Crippen LogP contribution is -2.42. The molecule has 1 saturated heterocycles. The SMILES string of the molecule is C/C(N)=C/C(C(N)=NC(C)O)=C(\N)N1CCC(N)CC1. The molecule has 0 spiro atoms. The maximum atomic E-state index is 9.32. The summed E-state index contributed by atoms with van der Waals surface area (Å²) in [5.74, 6) is 0.695. The summed E-state index contributed by atoms with van der Waals surface area (Å²) >= 11 is 0. The van der Waals surface area contributed by atoms with Gasteiger partial charge in [0.25, 0.3) is 0 Å². The van der Waals surface area contributed by atoms with Crippen LogP contribution in [0.3, 0.4) is 0 Å². The molecule has 1 rings (SSSR count). The molecule has 9 N–H and O–H groups in total. The van der Waals surface area contributed by atoms with E-state index in [0.717, 1.165) is 25.9 Å². The van der Waals surface area contributed by atoms with E-state index >= 15 is 0 Å². The minimum Gasteiger partial charge on any atom is -0.402 e. The van der Waals surface area contributed by atoms with Crippen molar-refractivity contribution in [2.24, 2.45) is 27.9 Å². The fourth-order valence-corrected chi connectivity index (χ4v) is 2.09. The van der Waals surface area contributed by atoms with Gasteiger partial charge in [-0.1, -0.05) is 0 Å². The van der Waals surface area contributed by atoms with Crippen LogP contribution in [0.5, 0.6) is 0 Å². The molecule has 0 bridgehead atoms. The van der Waals surface area contributed by atoms with Crippen LogP contribution >= 0.6 is 0 Å². The van der Waals surface area contributed by atoms with Gasteiger partial charge < -0.3 is 32.9 Å². The van der Waals surface area contributed by atoms with Gasteiger partial charge in [0.1, 0.15) is 17.9 Å². The molecule has 20 heavy (non-hydrogen) atoms. The third-order valence-corrected chi connectivity index (χ3v) is 3.13. The van der Waals surface area contributed by atoms with Gasteiger partial charge in [0, 0.05) is 24.8 Å². The first-order valence-corrected chi connectivity index (χ1v) is 6.77. The van der Waals surface area contributed by atoms with Gasteiger partial charge in [0.05, 0.1) is 5.57 Å². The number of piperidine rings is 1. The molecule has 7 nitrogen and oxygen atoms in total. The third kappa shape index (κ3) is 4.75. The van der Waals surface area contributed by atoms with E-state index in [1.54, 1.807) is 13.0 Å². The van der Waals surface area contributed by atoms with Crippen molar-refractivity contribution >= 4 is 5.84 Å². The minimum absolute atomic E-state index is 0.178. The van der Waals surface area contributed by atoms with Crippen molar-refractivity contribution in [2.75, 3.05) is 13.1 Å². The average molecular weight is 282 g/mol. The van der Waals surface area contributed by atoms with Gasteiger partial charge in [-0.3, -0.25) is 0 Å². The maximum absolute atomic E-state index is 9.32. The first-order chi connectivity index (χ1) is 9.31. The topological polar surface area (TPSA) is 140 Å². The highest BCUT2D eigenvalue weighted by Gasteiger charge is 2.19. The molecule has 1 aliphatic heterocycles. The number of likely N-dealkylation sites (tertiary alicyclic amines) is 1. The van der Waals surface area contributed by atoms with Crippen molar-refractivity contribution in [3.8, 4) is 0 Å². The molecule has 0 aliphatic carbocycles. The molecule has 1 fully saturated rings. The first kappa shape index (κ1) is 16.3. The largest absolute Gasteiger partial charge is 0.402 e. The Morgan fingerprint density at radius 3 is 2.30 bits per heavy atom. The van der Waals surface area contributed by atoms with Gasteiger partial charge in [-0.05, 0) is 32.8 Å². The van der Waals surface area contributed by atoms with E-state index in [2.05, 4.69) is 4.99 Å². The molecule has 0 aromatic heterocycles. The Hall–Kier alpha value is -1.73. The number of hydrogen-bond donors (Lipinski definition) is 5. The summed E-state index contributed by atoms with van der Waals surface area (Å²) in [6.07, 6.45) is 2.55. The Morgan fingerprint density at radius 1 is 1.30 bits per heavy atom. The van der Waals surface area contributed by atoms with Crippen LogP contribution in [-0.2, 0) is 0 Å². The van der Waals surface area contributed by atoms with Crippen molar-refractivity contribution in [1.29, 1.82) is 0 Å². The molecule has 1 atom stereocenters. The number of allylic oxidation sites excluding steroid dienone is 1. The number of aliphatic imine (C=N–C) groups is 1. The summed E-state index contributed by atoms with van der Waals surface area (Å²) in [5, 5.41) is 9.32. The fourth-order valence-electron chi connectivity index (χ4n) is 2.09. The molecule has 1 aliphatic rings. The van der Waals surface area contributed by atoms with Gasteiger partial charge in [-0.15, -0.1) is 0 Å². The smallest absolute Gasteiger partial charge is 0.144 e. The van der Waals surface area contributed by atoms with E-state index < -0.39 is 6.23 Å². The summed E-state index contributed by atoms with van der Waals surface area (Å²) in [7, 11) is 0. The van der Waals surface area contributed by atoms with Gasteiger partial charge in [0.2, 0.25) is 0 Å². The van der Waals surface area contributed by atoms with E-state index in [0.29, 0.717) is 17.1 Å². The molecule has 0 aromatic rings. The molecule has 0 radical (unpaired) electrons. The zero-order valence-electron chi connectivity index (χ0n) is 12.2. The lowest BCUT2D eigenvalue weighted by atomic mass is 10.1. The highest BCUT2D eigenvalue weighted by molar-refractivity contribution is 6.00. The van der Waals surface area contributed by atoms with Crippen molar-refractivity contribution in [1.82, 2.24) is 4.90 Å². The van der Waals surface area contributed by atoms with Crippen LogP contribution in [0.25, 0.3) is 0 Å². The number of aliphatic hydroxyl groups is 1. The van der Waals surface area contributed by atoms with E-state index in [4.69, 9.17) is 22.9 Å². The van der Waals surface area contributed by atoms with E-state index in [1.807, 2.05) is 4.90 Å². The summed E-state index contributed by atoms with van der Waals surface area (Å²) in [4.78, 5) is 5.94. The summed E-state index contributed by atoms with van der Waals surface area (Å²) in [6, 6.07) is 0.220. The predicted octanol–water partition coefficient (Wildman–Crippen LogP) is -0.862. The summed E-state index contributed by atoms with van der Waals surface area (Å²) in [6.45, 7) is 4.82. The number of aliphatic hydroxyl groups excluding tert-OH is 1. The highest BCUT2D eigenvalue weighted by Crippen LogP contribution is 2.15. The molecule has 0 aromatic carbocycles. The van der Waals surface area contributed by atoms with Crippen molar-refractivity contribution in [3.05, 3.63) is 23.2 Å². The molecule has 1 heterocycles. The predicted molar refractivity (Wildman–Crippen MR) is 81.2 cm³/mol. The minimum atomic E-state index is -0.890. The highest BCUT2D eigenvalue weighted by atomic mass is 16.3. The number of rotatable bonds is 4. The zero-order chi connectivity index (χ0) is 15.3. The lowest BCUT2D eigenvalue weighted by molar-refractivity contribution is 0.205. The Kier molecular flexibility index (Phi) is 5.84. The van der Waals surface area contributed by atoms with Crippen LogP contribution in [-0.4, -0.2) is 41.2 Å². The molecular weight excluding hydrogens is 256 g/mol. The number of amidine groups is 1. The first-order valence-electron chi connectivity index (χ1n) is 6.77. The van der Waals surface area contributed by atoms with E-state index in [1.165, 1.54) is 6.92 Å². The monoisotopic (exact) mass is 282 g/mol.